The van der Waals surface area contributed by atoms with Gasteiger partial charge in [-0.1, -0.05) is 24.4 Å². The van der Waals surface area contributed by atoms with Crippen molar-refractivity contribution in [3.8, 4) is 0 Å². The van der Waals surface area contributed by atoms with E-state index >= 15 is 0 Å². The molecule has 0 radical (unpaired) electrons. The molecule has 1 aliphatic rings. The fraction of sp³-hybridized carbons (Fsp3) is 0.667. The fourth-order valence-corrected chi connectivity index (χ4v) is 3.27. The Balaban J connectivity index is 1.88. The maximum atomic E-state index is 6.20. The van der Waals surface area contributed by atoms with Gasteiger partial charge in [0.2, 0.25) is 0 Å². The molecule has 0 spiro atoms. The average molecular weight is 259 g/mol. The van der Waals surface area contributed by atoms with Crippen LogP contribution in [0.4, 0.5) is 0 Å². The van der Waals surface area contributed by atoms with Gasteiger partial charge in [0.05, 0.1) is 10.4 Å². The summed E-state index contributed by atoms with van der Waals surface area (Å²) < 4.78 is 0.835. The Labute approximate surface area is 106 Å². The first-order valence-corrected chi connectivity index (χ1v) is 7.18. The van der Waals surface area contributed by atoms with E-state index in [2.05, 4.69) is 11.0 Å². The smallest absolute Gasteiger partial charge is 0.0931 e. The Morgan fingerprint density at radius 1 is 1.25 bits per heavy atom. The minimum Gasteiger partial charge on any atom is -0.322 e. The normalized spacial score (nSPS) is 20.6. The minimum atomic E-state index is 0.121. The van der Waals surface area contributed by atoms with E-state index in [-0.39, 0.29) is 6.04 Å². The van der Waals surface area contributed by atoms with Crippen LogP contribution in [0.15, 0.2) is 12.1 Å². The summed E-state index contributed by atoms with van der Waals surface area (Å²) in [5, 5.41) is 0. The van der Waals surface area contributed by atoms with E-state index in [0.29, 0.717) is 0 Å². The third kappa shape index (κ3) is 3.45. The molecule has 1 saturated heterocycles. The van der Waals surface area contributed by atoms with Crippen molar-refractivity contribution in [2.75, 3.05) is 19.6 Å². The highest BCUT2D eigenvalue weighted by Crippen LogP contribution is 2.26. The molecule has 1 aromatic rings. The van der Waals surface area contributed by atoms with Gasteiger partial charge >= 0.3 is 0 Å². The van der Waals surface area contributed by atoms with Crippen LogP contribution in [-0.4, -0.2) is 24.5 Å². The highest BCUT2D eigenvalue weighted by molar-refractivity contribution is 7.16. The van der Waals surface area contributed by atoms with Crippen LogP contribution in [0.5, 0.6) is 0 Å². The maximum Gasteiger partial charge on any atom is 0.0931 e. The number of hydrogen-bond acceptors (Lipinski definition) is 3. The van der Waals surface area contributed by atoms with Crippen molar-refractivity contribution >= 4 is 22.9 Å². The van der Waals surface area contributed by atoms with Gasteiger partial charge in [0.15, 0.2) is 0 Å². The zero-order valence-electron chi connectivity index (χ0n) is 9.49. The SMILES string of the molecule is NC(CN1CCCCCC1)c1ccc(Cl)s1. The van der Waals surface area contributed by atoms with Crippen LogP contribution in [0.3, 0.4) is 0 Å². The second-order valence-electron chi connectivity index (χ2n) is 4.46. The molecule has 0 amide bonds. The summed E-state index contributed by atoms with van der Waals surface area (Å²) in [6, 6.07) is 4.11. The Kier molecular flexibility index (Phi) is 4.65. The Hall–Kier alpha value is -0.0900. The van der Waals surface area contributed by atoms with Crippen molar-refractivity contribution < 1.29 is 0 Å². The summed E-state index contributed by atoms with van der Waals surface area (Å²) in [5.74, 6) is 0. The lowest BCUT2D eigenvalue weighted by atomic mass is 10.2. The van der Waals surface area contributed by atoms with Gasteiger partial charge in [0.25, 0.3) is 0 Å². The quantitative estimate of drug-likeness (QED) is 0.902. The molecule has 0 aliphatic carbocycles. The average Bonchev–Trinajstić information content (AvgIpc) is 2.54. The zero-order valence-corrected chi connectivity index (χ0v) is 11.1. The number of rotatable bonds is 3. The predicted octanol–water partition coefficient (Wildman–Crippen LogP) is 3.28. The van der Waals surface area contributed by atoms with Crippen molar-refractivity contribution in [3.05, 3.63) is 21.3 Å². The minimum absolute atomic E-state index is 0.121. The van der Waals surface area contributed by atoms with Crippen molar-refractivity contribution in [1.29, 1.82) is 0 Å². The third-order valence-corrected chi connectivity index (χ3v) is 4.48. The fourth-order valence-electron chi connectivity index (χ4n) is 2.21. The van der Waals surface area contributed by atoms with Crippen LogP contribution < -0.4 is 5.73 Å². The van der Waals surface area contributed by atoms with Crippen molar-refractivity contribution in [3.63, 3.8) is 0 Å². The Morgan fingerprint density at radius 3 is 2.50 bits per heavy atom. The van der Waals surface area contributed by atoms with Crippen LogP contribution in [0, 0.1) is 0 Å². The predicted molar refractivity (Wildman–Crippen MR) is 71.2 cm³/mol. The van der Waals surface area contributed by atoms with Crippen LogP contribution in [0.1, 0.15) is 36.6 Å². The van der Waals surface area contributed by atoms with Gasteiger partial charge in [-0.2, -0.15) is 0 Å². The molecule has 90 valence electrons. The largest absolute Gasteiger partial charge is 0.322 e. The molecule has 0 bridgehead atoms. The summed E-state index contributed by atoms with van der Waals surface area (Å²) >= 11 is 7.53. The van der Waals surface area contributed by atoms with E-state index in [9.17, 15) is 0 Å². The van der Waals surface area contributed by atoms with Crippen LogP contribution in [0.25, 0.3) is 0 Å². The molecule has 1 atom stereocenters. The van der Waals surface area contributed by atoms with Gasteiger partial charge in [-0.05, 0) is 38.1 Å². The molecule has 2 N–H and O–H groups in total. The van der Waals surface area contributed by atoms with E-state index in [1.165, 1.54) is 43.6 Å². The second-order valence-corrected chi connectivity index (χ2v) is 6.21. The van der Waals surface area contributed by atoms with Crippen LogP contribution in [-0.2, 0) is 0 Å². The van der Waals surface area contributed by atoms with E-state index in [1.54, 1.807) is 11.3 Å². The number of nitrogens with two attached hydrogens (primary N) is 1. The van der Waals surface area contributed by atoms with Gasteiger partial charge in [0.1, 0.15) is 0 Å². The molecule has 16 heavy (non-hydrogen) atoms. The molecule has 1 aromatic heterocycles. The molecule has 2 heterocycles. The van der Waals surface area contributed by atoms with Gasteiger partial charge in [-0.15, -0.1) is 11.3 Å². The standard InChI is InChI=1S/C12H19ClN2S/c13-12-6-5-11(16-12)10(14)9-15-7-3-1-2-4-8-15/h5-6,10H,1-4,7-9,14H2. The first-order valence-electron chi connectivity index (χ1n) is 5.99. The van der Waals surface area contributed by atoms with Gasteiger partial charge in [-0.25, -0.2) is 0 Å². The van der Waals surface area contributed by atoms with E-state index in [0.717, 1.165) is 10.9 Å². The first-order chi connectivity index (χ1) is 7.75. The molecule has 0 saturated carbocycles. The van der Waals surface area contributed by atoms with Gasteiger partial charge < -0.3 is 10.6 Å². The number of likely N-dealkylation sites (tertiary alicyclic amines) is 1. The molecule has 1 fully saturated rings. The molecule has 4 heteroatoms. The molecular weight excluding hydrogens is 240 g/mol. The summed E-state index contributed by atoms with van der Waals surface area (Å²) in [5.41, 5.74) is 6.20. The van der Waals surface area contributed by atoms with Crippen molar-refractivity contribution in [2.45, 2.75) is 31.7 Å². The second kappa shape index (κ2) is 6.01. The molecule has 0 aromatic carbocycles. The Bertz CT molecular complexity index is 319. The van der Waals surface area contributed by atoms with E-state index in [4.69, 9.17) is 17.3 Å². The van der Waals surface area contributed by atoms with E-state index < -0.39 is 0 Å². The topological polar surface area (TPSA) is 29.3 Å². The Morgan fingerprint density at radius 2 is 1.94 bits per heavy atom. The van der Waals surface area contributed by atoms with E-state index in [1.807, 2.05) is 6.07 Å². The third-order valence-electron chi connectivity index (χ3n) is 3.11. The van der Waals surface area contributed by atoms with Crippen LogP contribution in [0.2, 0.25) is 4.34 Å². The van der Waals surface area contributed by atoms with Gasteiger partial charge in [0, 0.05) is 11.4 Å². The highest BCUT2D eigenvalue weighted by Gasteiger charge is 2.15. The lowest BCUT2D eigenvalue weighted by Crippen LogP contribution is -2.32. The monoisotopic (exact) mass is 258 g/mol. The lowest BCUT2D eigenvalue weighted by Gasteiger charge is -2.23. The van der Waals surface area contributed by atoms with Crippen molar-refractivity contribution in [1.82, 2.24) is 4.90 Å². The number of halogens is 1. The van der Waals surface area contributed by atoms with Crippen LogP contribution >= 0.6 is 22.9 Å². The molecular formula is C12H19ClN2S. The molecule has 1 unspecified atom stereocenters. The summed E-state index contributed by atoms with van der Waals surface area (Å²) in [7, 11) is 0. The first kappa shape index (κ1) is 12.4. The molecule has 2 rings (SSSR count). The highest BCUT2D eigenvalue weighted by atomic mass is 35.5. The summed E-state index contributed by atoms with van der Waals surface area (Å²) in [4.78, 5) is 3.69. The number of hydrogen-bond donors (Lipinski definition) is 1. The molecule has 2 nitrogen and oxygen atoms in total. The molecule has 1 aliphatic heterocycles. The lowest BCUT2D eigenvalue weighted by molar-refractivity contribution is 0.269. The summed E-state index contributed by atoms with van der Waals surface area (Å²) in [6.07, 6.45) is 5.38. The zero-order chi connectivity index (χ0) is 11.4. The number of nitrogens with zero attached hydrogens (tertiary/aromatic N) is 1. The number of thiophene rings is 1. The maximum absolute atomic E-state index is 6.20. The van der Waals surface area contributed by atoms with Gasteiger partial charge in [-0.3, -0.25) is 0 Å². The van der Waals surface area contributed by atoms with Crippen molar-refractivity contribution in [2.24, 2.45) is 5.73 Å². The summed E-state index contributed by atoms with van der Waals surface area (Å²) in [6.45, 7) is 3.37.